The number of carbonyl (C=O) groups is 1. The highest BCUT2D eigenvalue weighted by molar-refractivity contribution is 9.10. The minimum Gasteiger partial charge on any atom is -0.301 e. The summed E-state index contributed by atoms with van der Waals surface area (Å²) in [4.78, 5) is 15.6. The fourth-order valence-corrected chi connectivity index (χ4v) is 3.34. The van der Waals surface area contributed by atoms with Gasteiger partial charge < -0.3 is 5.32 Å². The fraction of sp³-hybridized carbons (Fsp3) is 0.333. The number of nitrogens with one attached hydrogen (secondary N) is 1. The predicted octanol–water partition coefficient (Wildman–Crippen LogP) is 4.59. The van der Waals surface area contributed by atoms with Crippen molar-refractivity contribution in [1.29, 1.82) is 0 Å². The highest BCUT2D eigenvalue weighted by Crippen LogP contribution is 2.30. The smallest absolute Gasteiger partial charge is 0.239 e. The zero-order valence-corrected chi connectivity index (χ0v) is 13.2. The maximum Gasteiger partial charge on any atom is 0.239 e. The first-order chi connectivity index (χ1) is 9.01. The molecule has 1 atom stereocenters. The SMILES string of the molecule is CCC[C@H](Br)C(=O)Nc1nc2c(F)cc(Cl)cc2s1. The number of carbonyl (C=O) groups excluding carboxylic acids is 1. The van der Waals surface area contributed by atoms with Crippen molar-refractivity contribution in [1.82, 2.24) is 4.98 Å². The van der Waals surface area contributed by atoms with Crippen LogP contribution in [0.5, 0.6) is 0 Å². The molecular formula is C12H11BrClFN2OS. The van der Waals surface area contributed by atoms with Crippen molar-refractivity contribution in [2.75, 3.05) is 5.32 Å². The predicted molar refractivity (Wildman–Crippen MR) is 80.8 cm³/mol. The second-order valence-electron chi connectivity index (χ2n) is 4.00. The van der Waals surface area contributed by atoms with Gasteiger partial charge >= 0.3 is 0 Å². The average molecular weight is 366 g/mol. The van der Waals surface area contributed by atoms with Crippen LogP contribution in [0, 0.1) is 5.82 Å². The minimum atomic E-state index is -0.483. The van der Waals surface area contributed by atoms with Gasteiger partial charge in [0.2, 0.25) is 5.91 Å². The molecule has 1 heterocycles. The van der Waals surface area contributed by atoms with E-state index in [0.29, 0.717) is 14.9 Å². The zero-order valence-electron chi connectivity index (χ0n) is 10.0. The number of aromatic nitrogens is 1. The summed E-state index contributed by atoms with van der Waals surface area (Å²) in [6, 6.07) is 2.84. The lowest BCUT2D eigenvalue weighted by Gasteiger charge is -2.06. The van der Waals surface area contributed by atoms with Crippen LogP contribution in [0.15, 0.2) is 12.1 Å². The van der Waals surface area contributed by atoms with E-state index in [0.717, 1.165) is 12.8 Å². The molecule has 102 valence electrons. The molecule has 0 radical (unpaired) electrons. The monoisotopic (exact) mass is 364 g/mol. The lowest BCUT2D eigenvalue weighted by molar-refractivity contribution is -0.115. The van der Waals surface area contributed by atoms with E-state index in [1.807, 2.05) is 6.92 Å². The van der Waals surface area contributed by atoms with Crippen molar-refractivity contribution in [3.63, 3.8) is 0 Å². The van der Waals surface area contributed by atoms with E-state index in [1.165, 1.54) is 17.4 Å². The number of fused-ring (bicyclic) bond motifs is 1. The Kier molecular flexibility index (Phi) is 4.76. The van der Waals surface area contributed by atoms with E-state index in [-0.39, 0.29) is 16.3 Å². The molecule has 1 aromatic carbocycles. The third-order valence-electron chi connectivity index (χ3n) is 2.47. The maximum atomic E-state index is 13.6. The fourth-order valence-electron chi connectivity index (χ4n) is 1.58. The third kappa shape index (κ3) is 3.43. The molecule has 0 unspecified atom stereocenters. The molecule has 3 nitrogen and oxygen atoms in total. The van der Waals surface area contributed by atoms with Gasteiger partial charge in [-0.25, -0.2) is 9.37 Å². The van der Waals surface area contributed by atoms with Crippen LogP contribution in [-0.4, -0.2) is 15.7 Å². The van der Waals surface area contributed by atoms with Crippen LogP contribution in [0.4, 0.5) is 9.52 Å². The molecule has 1 aromatic heterocycles. The number of amides is 1. The van der Waals surface area contributed by atoms with Gasteiger partial charge in [0.15, 0.2) is 10.9 Å². The molecule has 0 aliphatic carbocycles. The van der Waals surface area contributed by atoms with Gasteiger partial charge in [-0.05, 0) is 18.6 Å². The number of benzene rings is 1. The van der Waals surface area contributed by atoms with Crippen LogP contribution in [0.1, 0.15) is 19.8 Å². The largest absolute Gasteiger partial charge is 0.301 e. The Labute approximate surface area is 127 Å². The summed E-state index contributed by atoms with van der Waals surface area (Å²) in [6.45, 7) is 2.00. The summed E-state index contributed by atoms with van der Waals surface area (Å²) in [5.74, 6) is -0.657. The maximum absolute atomic E-state index is 13.6. The number of halogens is 3. The third-order valence-corrected chi connectivity index (χ3v) is 4.48. The number of hydrogen-bond acceptors (Lipinski definition) is 3. The molecule has 19 heavy (non-hydrogen) atoms. The van der Waals surface area contributed by atoms with Crippen LogP contribution in [0.25, 0.3) is 10.2 Å². The van der Waals surface area contributed by atoms with Crippen molar-refractivity contribution in [3.8, 4) is 0 Å². The number of alkyl halides is 1. The number of rotatable bonds is 4. The first-order valence-electron chi connectivity index (χ1n) is 5.71. The first-order valence-corrected chi connectivity index (χ1v) is 7.82. The molecule has 0 aliphatic heterocycles. The number of thiazole rings is 1. The molecule has 2 rings (SSSR count). The summed E-state index contributed by atoms with van der Waals surface area (Å²) in [5, 5.41) is 3.37. The second-order valence-corrected chi connectivity index (χ2v) is 6.57. The lowest BCUT2D eigenvalue weighted by Crippen LogP contribution is -2.22. The topological polar surface area (TPSA) is 42.0 Å². The van der Waals surface area contributed by atoms with E-state index in [9.17, 15) is 9.18 Å². The van der Waals surface area contributed by atoms with Gasteiger partial charge in [0.1, 0.15) is 5.52 Å². The Morgan fingerprint density at radius 1 is 1.63 bits per heavy atom. The van der Waals surface area contributed by atoms with Crippen LogP contribution < -0.4 is 5.32 Å². The summed E-state index contributed by atoms with van der Waals surface area (Å²) in [7, 11) is 0. The Balaban J connectivity index is 2.22. The van der Waals surface area contributed by atoms with Crippen LogP contribution in [0.3, 0.4) is 0 Å². The van der Waals surface area contributed by atoms with E-state index >= 15 is 0 Å². The highest BCUT2D eigenvalue weighted by Gasteiger charge is 2.16. The molecule has 0 spiro atoms. The van der Waals surface area contributed by atoms with E-state index in [2.05, 4.69) is 26.2 Å². The molecule has 2 aromatic rings. The quantitative estimate of drug-likeness (QED) is 0.805. The molecule has 0 saturated heterocycles. The van der Waals surface area contributed by atoms with Crippen LogP contribution in [0.2, 0.25) is 5.02 Å². The molecule has 7 heteroatoms. The van der Waals surface area contributed by atoms with Gasteiger partial charge in [0, 0.05) is 5.02 Å². The van der Waals surface area contributed by atoms with E-state index in [1.54, 1.807) is 6.07 Å². The van der Waals surface area contributed by atoms with Gasteiger partial charge in [-0.15, -0.1) is 0 Å². The zero-order chi connectivity index (χ0) is 14.0. The Morgan fingerprint density at radius 2 is 2.37 bits per heavy atom. The molecule has 1 N–H and O–H groups in total. The lowest BCUT2D eigenvalue weighted by atomic mass is 10.2. The van der Waals surface area contributed by atoms with E-state index < -0.39 is 5.82 Å². The molecule has 0 bridgehead atoms. The molecule has 0 fully saturated rings. The second kappa shape index (κ2) is 6.15. The molecule has 0 saturated carbocycles. The number of anilines is 1. The van der Waals surface area contributed by atoms with E-state index in [4.69, 9.17) is 11.6 Å². The van der Waals surface area contributed by atoms with Crippen molar-refractivity contribution in [2.45, 2.75) is 24.6 Å². The minimum absolute atomic E-state index is 0.174. The standard InChI is InChI=1S/C12H11BrClFN2OS/c1-2-3-7(13)11(18)17-12-16-10-8(15)4-6(14)5-9(10)19-12/h4-5,7H,2-3H2,1H3,(H,16,17,18)/t7-/m0/s1. The van der Waals surface area contributed by atoms with Gasteiger partial charge in [-0.2, -0.15) is 0 Å². The Morgan fingerprint density at radius 3 is 3.05 bits per heavy atom. The summed E-state index contributed by atoms with van der Waals surface area (Å²) in [5.41, 5.74) is 0.228. The first kappa shape index (κ1) is 14.7. The Bertz CT molecular complexity index is 619. The summed E-state index contributed by atoms with van der Waals surface area (Å²) < 4.78 is 14.2. The molecule has 0 aliphatic rings. The van der Waals surface area contributed by atoms with Gasteiger partial charge in [0.25, 0.3) is 0 Å². The normalized spacial score (nSPS) is 12.6. The van der Waals surface area contributed by atoms with Crippen LogP contribution in [-0.2, 0) is 4.79 Å². The summed E-state index contributed by atoms with van der Waals surface area (Å²) >= 11 is 10.3. The summed E-state index contributed by atoms with van der Waals surface area (Å²) in [6.07, 6.45) is 1.63. The van der Waals surface area contributed by atoms with Gasteiger partial charge in [-0.1, -0.05) is 52.2 Å². The molecule has 1 amide bonds. The Hall–Kier alpha value is -0.720. The highest BCUT2D eigenvalue weighted by atomic mass is 79.9. The van der Waals surface area contributed by atoms with Crippen molar-refractivity contribution in [2.24, 2.45) is 0 Å². The number of hydrogen-bond donors (Lipinski definition) is 1. The van der Waals surface area contributed by atoms with Gasteiger partial charge in [0.05, 0.1) is 9.53 Å². The average Bonchev–Trinajstić information content (AvgIpc) is 2.72. The van der Waals surface area contributed by atoms with Crippen molar-refractivity contribution >= 4 is 60.1 Å². The van der Waals surface area contributed by atoms with Crippen molar-refractivity contribution in [3.05, 3.63) is 23.0 Å². The molecular weight excluding hydrogens is 355 g/mol. The van der Waals surface area contributed by atoms with Crippen molar-refractivity contribution < 1.29 is 9.18 Å². The van der Waals surface area contributed by atoms with Gasteiger partial charge in [-0.3, -0.25) is 4.79 Å². The van der Waals surface area contributed by atoms with Crippen LogP contribution >= 0.6 is 38.9 Å². The number of nitrogens with zero attached hydrogens (tertiary/aromatic N) is 1.